The molecule has 0 aliphatic carbocycles. The lowest BCUT2D eigenvalue weighted by atomic mass is 9.85. The molecule has 1 aliphatic heterocycles. The molecule has 2 amide bonds. The fourth-order valence-corrected chi connectivity index (χ4v) is 5.68. The molecule has 0 bridgehead atoms. The van der Waals surface area contributed by atoms with Gasteiger partial charge in [0.05, 0.1) is 6.04 Å². The van der Waals surface area contributed by atoms with E-state index in [1.54, 1.807) is 0 Å². The molecule has 2 aromatic rings. The molecule has 4 unspecified atom stereocenters. The highest BCUT2D eigenvalue weighted by molar-refractivity contribution is 5.98. The molecule has 0 aromatic heterocycles. The monoisotopic (exact) mass is 536 g/mol. The summed E-state index contributed by atoms with van der Waals surface area (Å²) in [6, 6.07) is 13.4. The number of aliphatic imine (C=N–C) groups is 1. The second kappa shape index (κ2) is 15.5. The van der Waals surface area contributed by atoms with Crippen molar-refractivity contribution >= 4 is 28.5 Å². The highest BCUT2D eigenvalue weighted by Gasteiger charge is 2.31. The maximum absolute atomic E-state index is 13.6. The van der Waals surface area contributed by atoms with Crippen LogP contribution in [-0.4, -0.2) is 60.9 Å². The smallest absolute Gasteiger partial charge is 0.251 e. The fraction of sp³-hybridized carbons (Fsp3) is 0.581. The van der Waals surface area contributed by atoms with E-state index in [4.69, 9.17) is 11.5 Å². The molecule has 8 nitrogen and oxygen atoms in total. The van der Waals surface area contributed by atoms with E-state index in [2.05, 4.69) is 36.4 Å². The number of amides is 2. The van der Waals surface area contributed by atoms with Crippen LogP contribution in [0.2, 0.25) is 0 Å². The Morgan fingerprint density at radius 2 is 1.92 bits per heavy atom. The molecule has 0 radical (unpaired) electrons. The van der Waals surface area contributed by atoms with Gasteiger partial charge in [-0.25, -0.2) is 0 Å². The Hall–Kier alpha value is -3.13. The van der Waals surface area contributed by atoms with Gasteiger partial charge < -0.3 is 27.0 Å². The minimum atomic E-state index is -0.322. The first-order valence-electron chi connectivity index (χ1n) is 14.7. The van der Waals surface area contributed by atoms with Gasteiger partial charge in [0.1, 0.15) is 0 Å². The third kappa shape index (κ3) is 9.24. The molecule has 1 aliphatic rings. The van der Waals surface area contributed by atoms with Crippen molar-refractivity contribution in [3.05, 3.63) is 48.0 Å². The second-order valence-corrected chi connectivity index (χ2v) is 11.0. The molecule has 6 N–H and O–H groups in total. The van der Waals surface area contributed by atoms with Gasteiger partial charge in [-0.3, -0.25) is 14.6 Å². The van der Waals surface area contributed by atoms with E-state index < -0.39 is 0 Å². The van der Waals surface area contributed by atoms with E-state index in [9.17, 15) is 9.59 Å². The van der Waals surface area contributed by atoms with Gasteiger partial charge in [-0.2, -0.15) is 0 Å². The summed E-state index contributed by atoms with van der Waals surface area (Å²) in [4.78, 5) is 32.6. The van der Waals surface area contributed by atoms with Crippen LogP contribution < -0.4 is 22.1 Å². The number of nitrogens with zero attached hydrogens (tertiary/aromatic N) is 2. The number of carbonyl (C=O) groups excluding carboxylic acids is 2. The SMILES string of the molecule is CCCC(CC)C(C)CCN1CCC(CNC(=O)c2ccc3ccccc3c2)NC(CCCN=C(N)N)C1=O. The van der Waals surface area contributed by atoms with Gasteiger partial charge in [0, 0.05) is 37.8 Å². The summed E-state index contributed by atoms with van der Waals surface area (Å²) in [7, 11) is 0. The van der Waals surface area contributed by atoms with Crippen LogP contribution in [-0.2, 0) is 4.79 Å². The first-order valence-corrected chi connectivity index (χ1v) is 14.7. The van der Waals surface area contributed by atoms with Crippen LogP contribution in [0.4, 0.5) is 0 Å². The van der Waals surface area contributed by atoms with Crippen molar-refractivity contribution in [2.75, 3.05) is 26.2 Å². The van der Waals surface area contributed by atoms with Crippen LogP contribution in [0.5, 0.6) is 0 Å². The largest absolute Gasteiger partial charge is 0.370 e. The zero-order chi connectivity index (χ0) is 28.2. The van der Waals surface area contributed by atoms with Gasteiger partial charge >= 0.3 is 0 Å². The summed E-state index contributed by atoms with van der Waals surface area (Å²) in [6.07, 6.45) is 6.75. The third-order valence-electron chi connectivity index (χ3n) is 8.10. The zero-order valence-electron chi connectivity index (χ0n) is 24.0. The molecule has 214 valence electrons. The van der Waals surface area contributed by atoms with Crippen LogP contribution in [0.3, 0.4) is 0 Å². The normalized spacial score (nSPS) is 19.4. The van der Waals surface area contributed by atoms with E-state index >= 15 is 0 Å². The van der Waals surface area contributed by atoms with Crippen LogP contribution in [0.1, 0.15) is 76.1 Å². The lowest BCUT2D eigenvalue weighted by Crippen LogP contribution is -2.49. The maximum Gasteiger partial charge on any atom is 0.251 e. The average molecular weight is 537 g/mol. The summed E-state index contributed by atoms with van der Waals surface area (Å²) in [5.41, 5.74) is 11.6. The Morgan fingerprint density at radius 1 is 1.15 bits per heavy atom. The molecule has 0 saturated carbocycles. The molecular weight excluding hydrogens is 488 g/mol. The number of nitrogens with two attached hydrogens (primary N) is 2. The fourth-order valence-electron chi connectivity index (χ4n) is 5.68. The number of fused-ring (bicyclic) bond motifs is 1. The van der Waals surface area contributed by atoms with Crippen molar-refractivity contribution in [2.24, 2.45) is 28.3 Å². The molecule has 1 heterocycles. The van der Waals surface area contributed by atoms with E-state index in [1.807, 2.05) is 47.4 Å². The first-order chi connectivity index (χ1) is 18.8. The average Bonchev–Trinajstić information content (AvgIpc) is 3.09. The van der Waals surface area contributed by atoms with Gasteiger partial charge in [0.15, 0.2) is 5.96 Å². The zero-order valence-corrected chi connectivity index (χ0v) is 24.0. The van der Waals surface area contributed by atoms with Gasteiger partial charge in [0.2, 0.25) is 5.91 Å². The summed E-state index contributed by atoms with van der Waals surface area (Å²) in [5.74, 6) is 1.38. The highest BCUT2D eigenvalue weighted by Crippen LogP contribution is 2.25. The van der Waals surface area contributed by atoms with Crippen LogP contribution in [0.15, 0.2) is 47.5 Å². The molecule has 0 spiro atoms. The van der Waals surface area contributed by atoms with Gasteiger partial charge in [-0.1, -0.05) is 70.4 Å². The van der Waals surface area contributed by atoms with Crippen LogP contribution >= 0.6 is 0 Å². The van der Waals surface area contributed by atoms with Crippen molar-refractivity contribution in [3.63, 3.8) is 0 Å². The molecule has 8 heteroatoms. The molecule has 2 aromatic carbocycles. The van der Waals surface area contributed by atoms with Crippen molar-refractivity contribution in [3.8, 4) is 0 Å². The van der Waals surface area contributed by atoms with Crippen molar-refractivity contribution in [1.82, 2.24) is 15.5 Å². The lowest BCUT2D eigenvalue weighted by molar-refractivity contribution is -0.133. The summed E-state index contributed by atoms with van der Waals surface area (Å²) >= 11 is 0. The molecule has 3 rings (SSSR count). The van der Waals surface area contributed by atoms with E-state index in [0.29, 0.717) is 49.9 Å². The lowest BCUT2D eigenvalue weighted by Gasteiger charge is -2.28. The van der Waals surface area contributed by atoms with Crippen LogP contribution in [0, 0.1) is 11.8 Å². The molecular formula is C31H48N6O2. The Morgan fingerprint density at radius 3 is 2.64 bits per heavy atom. The standard InChI is InChI=1S/C31H48N6O2/c1-4-9-23(5-2)22(3)15-18-37-19-16-27(36-28(30(37)39)12-8-17-34-31(32)33)21-35-29(38)26-14-13-24-10-6-7-11-25(24)20-26/h6-7,10-11,13-14,20,22-23,27-28,36H,4-5,8-9,12,15-19,21H2,1-3H3,(H,35,38)(H4,32,33,34). The highest BCUT2D eigenvalue weighted by atomic mass is 16.2. The van der Waals surface area contributed by atoms with E-state index in [0.717, 1.165) is 30.2 Å². The number of hydrogen-bond donors (Lipinski definition) is 4. The minimum absolute atomic E-state index is 0.00246. The number of rotatable bonds is 14. The Bertz CT molecular complexity index is 1100. The predicted octanol–water partition coefficient (Wildman–Crippen LogP) is 4.03. The minimum Gasteiger partial charge on any atom is -0.370 e. The van der Waals surface area contributed by atoms with Crippen molar-refractivity contribution in [1.29, 1.82) is 0 Å². The maximum atomic E-state index is 13.6. The quantitative estimate of drug-likeness (QED) is 0.165. The molecule has 4 atom stereocenters. The van der Waals surface area contributed by atoms with Gasteiger partial charge in [0.25, 0.3) is 5.91 Å². The summed E-state index contributed by atoms with van der Waals surface area (Å²) in [5, 5.41) is 8.79. The second-order valence-electron chi connectivity index (χ2n) is 11.0. The van der Waals surface area contributed by atoms with Gasteiger partial charge in [-0.15, -0.1) is 0 Å². The van der Waals surface area contributed by atoms with Crippen molar-refractivity contribution in [2.45, 2.75) is 77.8 Å². The summed E-state index contributed by atoms with van der Waals surface area (Å²) in [6.45, 7) is 9.23. The summed E-state index contributed by atoms with van der Waals surface area (Å²) < 4.78 is 0. The van der Waals surface area contributed by atoms with E-state index in [-0.39, 0.29) is 29.9 Å². The predicted molar refractivity (Wildman–Crippen MR) is 161 cm³/mol. The molecule has 39 heavy (non-hydrogen) atoms. The first kappa shape index (κ1) is 30.4. The Kier molecular flexibility index (Phi) is 12.1. The van der Waals surface area contributed by atoms with Gasteiger partial charge in [-0.05, 0) is 60.4 Å². The molecule has 1 saturated heterocycles. The molecule has 1 fully saturated rings. The van der Waals surface area contributed by atoms with E-state index in [1.165, 1.54) is 19.3 Å². The third-order valence-corrected chi connectivity index (χ3v) is 8.10. The number of nitrogens with one attached hydrogen (secondary N) is 2. The number of benzene rings is 2. The Labute approximate surface area is 234 Å². The number of carbonyl (C=O) groups is 2. The topological polar surface area (TPSA) is 126 Å². The van der Waals surface area contributed by atoms with Crippen LogP contribution in [0.25, 0.3) is 10.8 Å². The van der Waals surface area contributed by atoms with Crippen molar-refractivity contribution < 1.29 is 9.59 Å². The number of guanidine groups is 1. The number of hydrogen-bond acceptors (Lipinski definition) is 4. The Balaban J connectivity index is 1.63.